The number of carboxylic acids is 1. The highest BCUT2D eigenvalue weighted by atomic mass is 16.5. The van der Waals surface area contributed by atoms with Crippen molar-refractivity contribution in [2.75, 3.05) is 6.61 Å². The Morgan fingerprint density at radius 3 is 2.47 bits per heavy atom. The number of para-hydroxylation sites is 2. The predicted molar refractivity (Wildman–Crippen MR) is 64.6 cm³/mol. The molecule has 0 aliphatic heterocycles. The molecular formula is C13H18O4. The van der Waals surface area contributed by atoms with E-state index >= 15 is 0 Å². The molecule has 0 bridgehead atoms. The largest absolute Gasteiger partial charge is 0.490 e. The quantitative estimate of drug-likeness (QED) is 0.793. The van der Waals surface area contributed by atoms with E-state index in [2.05, 4.69) is 0 Å². The summed E-state index contributed by atoms with van der Waals surface area (Å²) in [6, 6.07) is 7.29. The van der Waals surface area contributed by atoms with Gasteiger partial charge in [-0.1, -0.05) is 19.1 Å². The van der Waals surface area contributed by atoms with Gasteiger partial charge in [0.1, 0.15) is 6.10 Å². The molecule has 1 N–H and O–H groups in total. The van der Waals surface area contributed by atoms with E-state index in [1.54, 1.807) is 6.07 Å². The van der Waals surface area contributed by atoms with Crippen LogP contribution in [0.5, 0.6) is 11.5 Å². The molecule has 1 unspecified atom stereocenters. The van der Waals surface area contributed by atoms with E-state index in [0.29, 0.717) is 24.5 Å². The molecule has 0 saturated carbocycles. The molecule has 17 heavy (non-hydrogen) atoms. The van der Waals surface area contributed by atoms with Crippen LogP contribution in [0.15, 0.2) is 24.3 Å². The van der Waals surface area contributed by atoms with Crippen LogP contribution in [0.2, 0.25) is 0 Å². The minimum atomic E-state index is -0.856. The number of carbonyl (C=O) groups is 1. The van der Waals surface area contributed by atoms with Crippen LogP contribution in [0.3, 0.4) is 0 Å². The summed E-state index contributed by atoms with van der Waals surface area (Å²) in [7, 11) is 0. The van der Waals surface area contributed by atoms with Crippen LogP contribution in [0.25, 0.3) is 0 Å². The molecule has 1 aromatic rings. The second kappa shape index (κ2) is 6.78. The van der Waals surface area contributed by atoms with E-state index in [9.17, 15) is 4.79 Å². The van der Waals surface area contributed by atoms with Crippen LogP contribution in [0.1, 0.15) is 26.7 Å². The molecule has 0 spiro atoms. The SMILES string of the molecule is CCOc1ccccc1OC(CC)CC(=O)O. The topological polar surface area (TPSA) is 55.8 Å². The summed E-state index contributed by atoms with van der Waals surface area (Å²) in [5.41, 5.74) is 0. The number of benzene rings is 1. The lowest BCUT2D eigenvalue weighted by molar-refractivity contribution is -0.138. The van der Waals surface area contributed by atoms with E-state index in [0.717, 1.165) is 0 Å². The van der Waals surface area contributed by atoms with Gasteiger partial charge in [0, 0.05) is 0 Å². The van der Waals surface area contributed by atoms with E-state index in [4.69, 9.17) is 14.6 Å². The molecular weight excluding hydrogens is 220 g/mol. The highest BCUT2D eigenvalue weighted by Gasteiger charge is 2.14. The minimum Gasteiger partial charge on any atom is -0.490 e. The molecule has 94 valence electrons. The second-order valence-corrected chi connectivity index (χ2v) is 3.63. The van der Waals surface area contributed by atoms with Gasteiger partial charge in [-0.05, 0) is 25.5 Å². The molecule has 0 aromatic heterocycles. The molecule has 0 saturated heterocycles. The van der Waals surface area contributed by atoms with Gasteiger partial charge in [-0.25, -0.2) is 0 Å². The van der Waals surface area contributed by atoms with E-state index in [-0.39, 0.29) is 12.5 Å². The Morgan fingerprint density at radius 1 is 1.29 bits per heavy atom. The monoisotopic (exact) mass is 238 g/mol. The molecule has 4 nitrogen and oxygen atoms in total. The second-order valence-electron chi connectivity index (χ2n) is 3.63. The van der Waals surface area contributed by atoms with Crippen molar-refractivity contribution in [3.8, 4) is 11.5 Å². The fourth-order valence-corrected chi connectivity index (χ4v) is 1.47. The van der Waals surface area contributed by atoms with Crippen LogP contribution < -0.4 is 9.47 Å². The van der Waals surface area contributed by atoms with E-state index < -0.39 is 5.97 Å². The number of hydrogen-bond acceptors (Lipinski definition) is 3. The number of ether oxygens (including phenoxy) is 2. The fourth-order valence-electron chi connectivity index (χ4n) is 1.47. The lowest BCUT2D eigenvalue weighted by atomic mass is 10.2. The summed E-state index contributed by atoms with van der Waals surface area (Å²) < 4.78 is 11.1. The minimum absolute atomic E-state index is 0.00302. The van der Waals surface area contributed by atoms with Gasteiger partial charge in [0.05, 0.1) is 13.0 Å². The van der Waals surface area contributed by atoms with Crippen molar-refractivity contribution in [1.82, 2.24) is 0 Å². The first-order chi connectivity index (χ1) is 8.17. The lowest BCUT2D eigenvalue weighted by Crippen LogP contribution is -2.20. The van der Waals surface area contributed by atoms with E-state index in [1.165, 1.54) is 0 Å². The third-order valence-electron chi connectivity index (χ3n) is 2.30. The maximum atomic E-state index is 10.7. The maximum Gasteiger partial charge on any atom is 0.307 e. The van der Waals surface area contributed by atoms with Crippen LogP contribution in [-0.2, 0) is 4.79 Å². The van der Waals surface area contributed by atoms with Crippen molar-refractivity contribution in [2.45, 2.75) is 32.8 Å². The first-order valence-corrected chi connectivity index (χ1v) is 5.77. The molecule has 0 radical (unpaired) electrons. The molecule has 1 aromatic carbocycles. The average Bonchev–Trinajstić information content (AvgIpc) is 2.30. The smallest absolute Gasteiger partial charge is 0.307 e. The highest BCUT2D eigenvalue weighted by molar-refractivity contribution is 5.67. The third kappa shape index (κ3) is 4.34. The average molecular weight is 238 g/mol. The molecule has 0 amide bonds. The zero-order chi connectivity index (χ0) is 12.7. The zero-order valence-corrected chi connectivity index (χ0v) is 10.2. The molecule has 1 rings (SSSR count). The fraction of sp³-hybridized carbons (Fsp3) is 0.462. The molecule has 0 fully saturated rings. The summed E-state index contributed by atoms with van der Waals surface area (Å²) in [5, 5.41) is 8.75. The van der Waals surface area contributed by atoms with Gasteiger partial charge in [-0.3, -0.25) is 4.79 Å². The molecule has 1 atom stereocenters. The van der Waals surface area contributed by atoms with Crippen LogP contribution in [-0.4, -0.2) is 23.8 Å². The van der Waals surface area contributed by atoms with Gasteiger partial charge in [-0.2, -0.15) is 0 Å². The molecule has 0 aliphatic rings. The number of hydrogen-bond donors (Lipinski definition) is 1. The van der Waals surface area contributed by atoms with Gasteiger partial charge in [0.15, 0.2) is 11.5 Å². The Bertz CT molecular complexity index is 362. The molecule has 0 aliphatic carbocycles. The van der Waals surface area contributed by atoms with Gasteiger partial charge >= 0.3 is 5.97 Å². The standard InChI is InChI=1S/C13H18O4/c1-3-10(9-13(14)15)17-12-8-6-5-7-11(12)16-4-2/h5-8,10H,3-4,9H2,1-2H3,(H,14,15). The summed E-state index contributed by atoms with van der Waals surface area (Å²) >= 11 is 0. The summed E-state index contributed by atoms with van der Waals surface area (Å²) in [4.78, 5) is 10.7. The highest BCUT2D eigenvalue weighted by Crippen LogP contribution is 2.28. The van der Waals surface area contributed by atoms with Crippen molar-refractivity contribution in [1.29, 1.82) is 0 Å². The van der Waals surface area contributed by atoms with E-state index in [1.807, 2.05) is 32.0 Å². The first kappa shape index (κ1) is 13.4. The van der Waals surface area contributed by atoms with Crippen LogP contribution >= 0.6 is 0 Å². The van der Waals surface area contributed by atoms with Gasteiger partial charge in [-0.15, -0.1) is 0 Å². The lowest BCUT2D eigenvalue weighted by Gasteiger charge is -2.18. The van der Waals surface area contributed by atoms with Crippen molar-refractivity contribution in [2.24, 2.45) is 0 Å². The summed E-state index contributed by atoms with van der Waals surface area (Å²) in [6.45, 7) is 4.35. The summed E-state index contributed by atoms with van der Waals surface area (Å²) in [6.07, 6.45) is 0.318. The number of carboxylic acid groups (broad SMARTS) is 1. The van der Waals surface area contributed by atoms with Crippen molar-refractivity contribution < 1.29 is 19.4 Å². The normalized spacial score (nSPS) is 11.9. The van der Waals surface area contributed by atoms with Gasteiger partial charge < -0.3 is 14.6 Å². The Labute approximate surface area is 101 Å². The Morgan fingerprint density at radius 2 is 1.94 bits per heavy atom. The summed E-state index contributed by atoms with van der Waals surface area (Å²) in [5.74, 6) is 0.395. The van der Waals surface area contributed by atoms with Crippen molar-refractivity contribution >= 4 is 5.97 Å². The Kier molecular flexibility index (Phi) is 5.33. The van der Waals surface area contributed by atoms with Crippen LogP contribution in [0, 0.1) is 0 Å². The predicted octanol–water partition coefficient (Wildman–Crippen LogP) is 2.72. The Hall–Kier alpha value is -1.71. The van der Waals surface area contributed by atoms with Gasteiger partial charge in [0.2, 0.25) is 0 Å². The van der Waals surface area contributed by atoms with Crippen molar-refractivity contribution in [3.05, 3.63) is 24.3 Å². The maximum absolute atomic E-state index is 10.7. The molecule has 4 heteroatoms. The first-order valence-electron chi connectivity index (χ1n) is 5.77. The third-order valence-corrected chi connectivity index (χ3v) is 2.30. The van der Waals surface area contributed by atoms with Crippen molar-refractivity contribution in [3.63, 3.8) is 0 Å². The Balaban J connectivity index is 2.74. The molecule has 0 heterocycles. The number of aliphatic carboxylic acids is 1. The zero-order valence-electron chi connectivity index (χ0n) is 10.2. The number of rotatable bonds is 7. The van der Waals surface area contributed by atoms with Crippen LogP contribution in [0.4, 0.5) is 0 Å². The van der Waals surface area contributed by atoms with Gasteiger partial charge in [0.25, 0.3) is 0 Å².